The Balaban J connectivity index is 1.65. The lowest BCUT2D eigenvalue weighted by molar-refractivity contribution is -0.136. The molecule has 156 valence electrons. The van der Waals surface area contributed by atoms with Gasteiger partial charge in [-0.3, -0.25) is 14.5 Å². The van der Waals surface area contributed by atoms with Crippen molar-refractivity contribution in [1.82, 2.24) is 24.7 Å². The van der Waals surface area contributed by atoms with E-state index >= 15 is 0 Å². The summed E-state index contributed by atoms with van der Waals surface area (Å²) < 4.78 is 16.1. The first-order chi connectivity index (χ1) is 13.9. The molecule has 8 heteroatoms. The number of aryl methyl sites for hydroxylation is 1. The highest BCUT2D eigenvalue weighted by atomic mass is 19.1. The number of nitrogens with one attached hydrogen (secondary N) is 1. The number of halogens is 1. The number of hydrogen-bond donors (Lipinski definition) is 1. The minimum absolute atomic E-state index is 0.137. The van der Waals surface area contributed by atoms with E-state index in [1.807, 2.05) is 17.8 Å². The first-order valence-electron chi connectivity index (χ1n) is 9.92. The molecule has 1 atom stereocenters. The molecule has 1 aromatic heterocycles. The molecule has 2 amide bonds. The van der Waals surface area contributed by atoms with Gasteiger partial charge in [0.05, 0.1) is 6.54 Å². The van der Waals surface area contributed by atoms with Gasteiger partial charge >= 0.3 is 0 Å². The minimum atomic E-state index is -0.773. The van der Waals surface area contributed by atoms with Crippen LogP contribution in [-0.2, 0) is 29.6 Å². The zero-order chi connectivity index (χ0) is 20.8. The molecule has 0 radical (unpaired) electrons. The number of carbonyl (C=O) groups excluding carboxylic acids is 2. The van der Waals surface area contributed by atoms with Gasteiger partial charge in [-0.25, -0.2) is 9.37 Å². The van der Waals surface area contributed by atoms with Crippen molar-refractivity contribution >= 4 is 11.8 Å². The zero-order valence-corrected chi connectivity index (χ0v) is 17.0. The number of amides is 2. The normalized spacial score (nSPS) is 16.3. The lowest BCUT2D eigenvalue weighted by Crippen LogP contribution is -2.50. The molecule has 1 aliphatic heterocycles. The largest absolute Gasteiger partial charge is 0.344 e. The molecule has 2 aromatic rings. The van der Waals surface area contributed by atoms with Crippen LogP contribution < -0.4 is 5.32 Å². The van der Waals surface area contributed by atoms with Crippen LogP contribution in [0.5, 0.6) is 0 Å². The Hall–Kier alpha value is -2.74. The number of carbonyl (C=O) groups is 2. The third kappa shape index (κ3) is 5.63. The number of imidazole rings is 1. The summed E-state index contributed by atoms with van der Waals surface area (Å²) in [6, 6.07) is 5.58. The molecule has 1 fully saturated rings. The minimum Gasteiger partial charge on any atom is -0.344 e. The van der Waals surface area contributed by atoms with Crippen LogP contribution in [0, 0.1) is 5.82 Å². The second-order valence-corrected chi connectivity index (χ2v) is 7.46. The molecule has 1 aliphatic rings. The van der Waals surface area contributed by atoms with Crippen LogP contribution in [0.1, 0.15) is 24.7 Å². The van der Waals surface area contributed by atoms with E-state index in [2.05, 4.69) is 15.2 Å². The van der Waals surface area contributed by atoms with Crippen molar-refractivity contribution < 1.29 is 14.0 Å². The van der Waals surface area contributed by atoms with Gasteiger partial charge in [0.25, 0.3) is 0 Å². The highest BCUT2D eigenvalue weighted by molar-refractivity contribution is 5.87. The lowest BCUT2D eigenvalue weighted by atomic mass is 10.0. The highest BCUT2D eigenvalue weighted by Crippen LogP contribution is 2.13. The Bertz CT molecular complexity index is 853. The monoisotopic (exact) mass is 401 g/mol. The molecule has 0 saturated carbocycles. The number of benzene rings is 1. The molecule has 7 nitrogen and oxygen atoms in total. The summed E-state index contributed by atoms with van der Waals surface area (Å²) >= 11 is 0. The van der Waals surface area contributed by atoms with E-state index in [1.54, 1.807) is 29.3 Å². The second kappa shape index (κ2) is 9.65. The molecular formula is C21H28FN5O2. The number of aromatic nitrogens is 2. The van der Waals surface area contributed by atoms with Gasteiger partial charge in [0.2, 0.25) is 11.8 Å². The van der Waals surface area contributed by atoms with Crippen molar-refractivity contribution in [1.29, 1.82) is 0 Å². The third-order valence-corrected chi connectivity index (χ3v) is 5.24. The maximum Gasteiger partial charge on any atom is 0.245 e. The Morgan fingerprint density at radius 3 is 2.69 bits per heavy atom. The van der Waals surface area contributed by atoms with Crippen LogP contribution in [0.2, 0.25) is 0 Å². The first kappa shape index (κ1) is 21.0. The van der Waals surface area contributed by atoms with Crippen molar-refractivity contribution in [3.8, 4) is 0 Å². The van der Waals surface area contributed by atoms with Crippen LogP contribution in [0.25, 0.3) is 0 Å². The van der Waals surface area contributed by atoms with Crippen molar-refractivity contribution in [3.05, 3.63) is 53.9 Å². The molecule has 29 heavy (non-hydrogen) atoms. The molecule has 0 aliphatic carbocycles. The molecule has 3 rings (SSSR count). The molecular weight excluding hydrogens is 373 g/mol. The van der Waals surface area contributed by atoms with E-state index in [0.29, 0.717) is 18.7 Å². The number of hydrogen-bond acceptors (Lipinski definition) is 4. The molecule has 1 N–H and O–H groups in total. The van der Waals surface area contributed by atoms with Crippen molar-refractivity contribution in [2.24, 2.45) is 7.05 Å². The van der Waals surface area contributed by atoms with Gasteiger partial charge in [-0.2, -0.15) is 0 Å². The fraction of sp³-hybridized carbons (Fsp3) is 0.476. The topological polar surface area (TPSA) is 70.5 Å². The maximum atomic E-state index is 14.1. The standard InChI is InChI=1S/C21H28FN5O2/c1-16(28)24-19(14-17-6-3-4-7-18(17)22)21(29)27-10-5-9-26(12-13-27)15-20-23-8-11-25(20)2/h3-4,6-8,11,19H,5,9-10,12-15H2,1-2H3,(H,24,28). The van der Waals surface area contributed by atoms with E-state index in [9.17, 15) is 14.0 Å². The Labute approximate surface area is 170 Å². The van der Waals surface area contributed by atoms with Crippen LogP contribution >= 0.6 is 0 Å². The Kier molecular flexibility index (Phi) is 6.98. The molecule has 0 spiro atoms. The predicted octanol–water partition coefficient (Wildman–Crippen LogP) is 1.34. The van der Waals surface area contributed by atoms with Gasteiger partial charge in [0.15, 0.2) is 0 Å². The number of rotatable bonds is 6. The fourth-order valence-electron chi connectivity index (χ4n) is 3.65. The summed E-state index contributed by atoms with van der Waals surface area (Å²) in [4.78, 5) is 33.2. The van der Waals surface area contributed by atoms with Crippen molar-refractivity contribution in [3.63, 3.8) is 0 Å². The van der Waals surface area contributed by atoms with Crippen LogP contribution in [0.4, 0.5) is 4.39 Å². The summed E-state index contributed by atoms with van der Waals surface area (Å²) in [6.45, 7) is 4.88. The van der Waals surface area contributed by atoms with E-state index in [0.717, 1.165) is 31.9 Å². The van der Waals surface area contributed by atoms with E-state index < -0.39 is 6.04 Å². The average molecular weight is 401 g/mol. The summed E-state index contributed by atoms with van der Waals surface area (Å²) in [5, 5.41) is 2.70. The summed E-state index contributed by atoms with van der Waals surface area (Å²) in [6.07, 6.45) is 4.68. The van der Waals surface area contributed by atoms with Gasteiger partial charge in [-0.1, -0.05) is 18.2 Å². The number of nitrogens with zero attached hydrogens (tertiary/aromatic N) is 4. The highest BCUT2D eigenvalue weighted by Gasteiger charge is 2.28. The predicted molar refractivity (Wildman–Crippen MR) is 107 cm³/mol. The van der Waals surface area contributed by atoms with E-state index in [4.69, 9.17) is 0 Å². The van der Waals surface area contributed by atoms with Crippen molar-refractivity contribution in [2.45, 2.75) is 32.4 Å². The third-order valence-electron chi connectivity index (χ3n) is 5.24. The Morgan fingerprint density at radius 1 is 1.21 bits per heavy atom. The molecule has 1 aromatic carbocycles. The van der Waals surface area contributed by atoms with Gasteiger partial charge in [-0.15, -0.1) is 0 Å². The SMILES string of the molecule is CC(=O)NC(Cc1ccccc1F)C(=O)N1CCCN(Cc2nccn2C)CC1. The average Bonchev–Trinajstić information content (AvgIpc) is 2.94. The second-order valence-electron chi connectivity index (χ2n) is 7.46. The van der Waals surface area contributed by atoms with Gasteiger partial charge < -0.3 is 14.8 Å². The van der Waals surface area contributed by atoms with E-state index in [1.165, 1.54) is 13.0 Å². The van der Waals surface area contributed by atoms with Gasteiger partial charge in [-0.05, 0) is 18.1 Å². The summed E-state index contributed by atoms with van der Waals surface area (Å²) in [5.74, 6) is 0.154. The Morgan fingerprint density at radius 2 is 2.00 bits per heavy atom. The molecule has 0 bridgehead atoms. The van der Waals surface area contributed by atoms with Crippen LogP contribution in [0.3, 0.4) is 0 Å². The lowest BCUT2D eigenvalue weighted by Gasteiger charge is -2.27. The van der Waals surface area contributed by atoms with E-state index in [-0.39, 0.29) is 24.1 Å². The smallest absolute Gasteiger partial charge is 0.245 e. The van der Waals surface area contributed by atoms with Gasteiger partial charge in [0, 0.05) is 59.0 Å². The maximum absolute atomic E-state index is 14.1. The zero-order valence-electron chi connectivity index (χ0n) is 17.0. The fourth-order valence-corrected chi connectivity index (χ4v) is 3.65. The van der Waals surface area contributed by atoms with Gasteiger partial charge in [0.1, 0.15) is 17.7 Å². The van der Waals surface area contributed by atoms with Crippen LogP contribution in [-0.4, -0.2) is 63.4 Å². The first-order valence-corrected chi connectivity index (χ1v) is 9.92. The van der Waals surface area contributed by atoms with Crippen LogP contribution in [0.15, 0.2) is 36.7 Å². The van der Waals surface area contributed by atoms with Crippen molar-refractivity contribution in [2.75, 3.05) is 26.2 Å². The summed E-state index contributed by atoms with van der Waals surface area (Å²) in [5.41, 5.74) is 0.422. The molecule has 2 heterocycles. The quantitative estimate of drug-likeness (QED) is 0.793. The molecule has 1 saturated heterocycles. The molecule has 1 unspecified atom stereocenters. The summed E-state index contributed by atoms with van der Waals surface area (Å²) in [7, 11) is 1.97.